The van der Waals surface area contributed by atoms with Crippen molar-refractivity contribution in [1.82, 2.24) is 0 Å². The minimum absolute atomic E-state index is 0.119. The molecule has 0 amide bonds. The van der Waals surface area contributed by atoms with E-state index in [1.165, 1.54) is 0 Å². The van der Waals surface area contributed by atoms with E-state index in [1.807, 2.05) is 0 Å². The molecule has 0 aromatic carbocycles. The molecule has 0 bridgehead atoms. The number of aliphatic carboxylic acids is 1. The van der Waals surface area contributed by atoms with Crippen LogP contribution in [-0.2, 0) is 4.79 Å². The maximum absolute atomic E-state index is 10.0. The zero-order valence-corrected chi connectivity index (χ0v) is 5.40. The normalized spacial score (nSPS) is 16.3. The first-order valence-electron chi connectivity index (χ1n) is 2.85. The van der Waals surface area contributed by atoms with E-state index >= 15 is 0 Å². The number of nitrogens with two attached hydrogens (primary N) is 1. The van der Waals surface area contributed by atoms with Crippen LogP contribution >= 0.6 is 0 Å². The molecule has 5 nitrogen and oxygen atoms in total. The second-order valence-corrected chi connectivity index (χ2v) is 2.02. The van der Waals surface area contributed by atoms with Crippen molar-refractivity contribution in [3.05, 3.63) is 0 Å². The Morgan fingerprint density at radius 2 is 2.10 bits per heavy atom. The Hall–Kier alpha value is -0.650. The molecule has 5 heteroatoms. The minimum Gasteiger partial charge on any atom is -0.480 e. The topological polar surface area (TPSA) is 104 Å². The van der Waals surface area contributed by atoms with E-state index in [0.717, 1.165) is 0 Å². The predicted octanol–water partition coefficient (Wildman–Crippen LogP) is -1.86. The molecule has 0 radical (unpaired) electrons. The van der Waals surface area contributed by atoms with Crippen LogP contribution in [0.1, 0.15) is 6.42 Å². The smallest absolute Gasteiger partial charge is 0.320 e. The van der Waals surface area contributed by atoms with Gasteiger partial charge in [0, 0.05) is 6.42 Å². The quantitative estimate of drug-likeness (QED) is 0.375. The summed E-state index contributed by atoms with van der Waals surface area (Å²) in [4.78, 5) is 10.0. The molecule has 0 aliphatic rings. The number of carboxylic acids is 1. The van der Waals surface area contributed by atoms with Gasteiger partial charge in [0.2, 0.25) is 0 Å². The van der Waals surface area contributed by atoms with Crippen LogP contribution in [-0.4, -0.2) is 40.0 Å². The Morgan fingerprint density at radius 1 is 1.60 bits per heavy atom. The van der Waals surface area contributed by atoms with Crippen LogP contribution in [0.4, 0.5) is 0 Å². The Labute approximate surface area is 58.1 Å². The van der Waals surface area contributed by atoms with E-state index < -0.39 is 24.7 Å². The van der Waals surface area contributed by atoms with Gasteiger partial charge < -0.3 is 21.1 Å². The Balaban J connectivity index is 3.56. The molecule has 5 N–H and O–H groups in total. The molecule has 0 saturated heterocycles. The van der Waals surface area contributed by atoms with E-state index in [1.54, 1.807) is 0 Å². The standard InChI is InChI=1S/C5H11NO4/c6-4(5(9)10)1-3(8)2-7/h3-4,7-8H,1-2,6H2,(H,9,10)/t3?,4-/m0/s1. The molecule has 0 fully saturated rings. The summed E-state index contributed by atoms with van der Waals surface area (Å²) in [7, 11) is 0. The van der Waals surface area contributed by atoms with Crippen molar-refractivity contribution in [2.75, 3.05) is 6.61 Å². The predicted molar refractivity (Wildman–Crippen MR) is 33.3 cm³/mol. The first-order chi connectivity index (χ1) is 4.57. The lowest BCUT2D eigenvalue weighted by molar-refractivity contribution is -0.139. The number of carboxylic acid groups (broad SMARTS) is 1. The highest BCUT2D eigenvalue weighted by atomic mass is 16.4. The summed E-state index contributed by atoms with van der Waals surface area (Å²) in [5.74, 6) is -1.17. The third-order valence-electron chi connectivity index (χ3n) is 1.05. The van der Waals surface area contributed by atoms with Gasteiger partial charge in [0.1, 0.15) is 6.04 Å². The van der Waals surface area contributed by atoms with Crippen molar-refractivity contribution in [1.29, 1.82) is 0 Å². The summed E-state index contributed by atoms with van der Waals surface area (Å²) < 4.78 is 0. The van der Waals surface area contributed by atoms with E-state index in [-0.39, 0.29) is 6.42 Å². The van der Waals surface area contributed by atoms with Gasteiger partial charge >= 0.3 is 5.97 Å². The molecule has 0 rings (SSSR count). The average Bonchev–Trinajstić information content (AvgIpc) is 1.87. The van der Waals surface area contributed by atoms with E-state index in [4.69, 9.17) is 21.1 Å². The Kier molecular flexibility index (Phi) is 3.94. The molecule has 1 unspecified atom stereocenters. The van der Waals surface area contributed by atoms with Gasteiger partial charge in [-0.3, -0.25) is 4.79 Å². The van der Waals surface area contributed by atoms with Crippen LogP contribution in [0.25, 0.3) is 0 Å². The molecule has 0 aliphatic heterocycles. The lowest BCUT2D eigenvalue weighted by Crippen LogP contribution is -2.35. The molecule has 60 valence electrons. The van der Waals surface area contributed by atoms with Gasteiger partial charge in [-0.15, -0.1) is 0 Å². The maximum atomic E-state index is 10.0. The van der Waals surface area contributed by atoms with E-state index in [0.29, 0.717) is 0 Å². The second kappa shape index (κ2) is 4.21. The summed E-state index contributed by atoms with van der Waals surface area (Å²) in [6.45, 7) is -0.457. The Bertz CT molecular complexity index is 116. The highest BCUT2D eigenvalue weighted by molar-refractivity contribution is 5.73. The summed E-state index contributed by atoms with van der Waals surface area (Å²) in [6, 6.07) is -1.10. The van der Waals surface area contributed by atoms with Gasteiger partial charge in [0.25, 0.3) is 0 Å². The van der Waals surface area contributed by atoms with Crippen LogP contribution in [0.2, 0.25) is 0 Å². The average molecular weight is 149 g/mol. The third-order valence-corrected chi connectivity index (χ3v) is 1.05. The summed E-state index contributed by atoms with van der Waals surface area (Å²) in [5.41, 5.74) is 5.02. The van der Waals surface area contributed by atoms with Crippen molar-refractivity contribution in [2.24, 2.45) is 5.73 Å². The van der Waals surface area contributed by atoms with Crippen LogP contribution in [0.15, 0.2) is 0 Å². The number of carbonyl (C=O) groups is 1. The number of rotatable bonds is 4. The van der Waals surface area contributed by atoms with Crippen molar-refractivity contribution >= 4 is 5.97 Å². The van der Waals surface area contributed by atoms with Gasteiger partial charge in [0.05, 0.1) is 12.7 Å². The molecule has 0 spiro atoms. The van der Waals surface area contributed by atoms with Crippen LogP contribution in [0, 0.1) is 0 Å². The van der Waals surface area contributed by atoms with Gasteiger partial charge in [-0.05, 0) is 0 Å². The van der Waals surface area contributed by atoms with Crippen molar-refractivity contribution in [3.8, 4) is 0 Å². The minimum atomic E-state index is -1.17. The fourth-order valence-corrected chi connectivity index (χ4v) is 0.468. The highest BCUT2D eigenvalue weighted by Crippen LogP contribution is 1.94. The van der Waals surface area contributed by atoms with Crippen LogP contribution < -0.4 is 5.73 Å². The molecule has 2 atom stereocenters. The molecule has 10 heavy (non-hydrogen) atoms. The van der Waals surface area contributed by atoms with Crippen molar-refractivity contribution in [2.45, 2.75) is 18.6 Å². The fourth-order valence-electron chi connectivity index (χ4n) is 0.468. The second-order valence-electron chi connectivity index (χ2n) is 2.02. The first-order valence-corrected chi connectivity index (χ1v) is 2.85. The summed E-state index contributed by atoms with van der Waals surface area (Å²) in [6.07, 6.45) is -1.16. The third kappa shape index (κ3) is 3.39. The SMILES string of the molecule is N[C@@H](CC(O)CO)C(=O)O. The largest absolute Gasteiger partial charge is 0.480 e. The fraction of sp³-hybridized carbons (Fsp3) is 0.800. The number of hydrogen-bond donors (Lipinski definition) is 4. The summed E-state index contributed by atoms with van der Waals surface area (Å²) >= 11 is 0. The molecule has 0 aliphatic carbocycles. The molecule has 0 aromatic heterocycles. The lowest BCUT2D eigenvalue weighted by atomic mass is 10.1. The molecular formula is C5H11NO4. The molecular weight excluding hydrogens is 138 g/mol. The zero-order chi connectivity index (χ0) is 8.15. The van der Waals surface area contributed by atoms with Gasteiger partial charge in [-0.25, -0.2) is 0 Å². The van der Waals surface area contributed by atoms with Gasteiger partial charge in [-0.1, -0.05) is 0 Å². The van der Waals surface area contributed by atoms with Gasteiger partial charge in [-0.2, -0.15) is 0 Å². The maximum Gasteiger partial charge on any atom is 0.320 e. The highest BCUT2D eigenvalue weighted by Gasteiger charge is 2.15. The van der Waals surface area contributed by atoms with Crippen molar-refractivity contribution in [3.63, 3.8) is 0 Å². The molecule has 0 saturated carbocycles. The van der Waals surface area contributed by atoms with Crippen molar-refractivity contribution < 1.29 is 20.1 Å². The number of aliphatic hydroxyl groups is 2. The number of aliphatic hydroxyl groups excluding tert-OH is 2. The van der Waals surface area contributed by atoms with Crippen LogP contribution in [0.3, 0.4) is 0 Å². The monoisotopic (exact) mass is 149 g/mol. The Morgan fingerprint density at radius 3 is 2.40 bits per heavy atom. The number of hydrogen-bond acceptors (Lipinski definition) is 4. The zero-order valence-electron chi connectivity index (χ0n) is 5.40. The molecule has 0 aromatic rings. The van der Waals surface area contributed by atoms with E-state index in [9.17, 15) is 4.79 Å². The van der Waals surface area contributed by atoms with E-state index in [2.05, 4.69) is 0 Å². The lowest BCUT2D eigenvalue weighted by Gasteiger charge is -2.09. The summed E-state index contributed by atoms with van der Waals surface area (Å²) in [5, 5.41) is 25.2. The molecule has 0 heterocycles. The first kappa shape index (κ1) is 9.35. The van der Waals surface area contributed by atoms with Crippen LogP contribution in [0.5, 0.6) is 0 Å². The van der Waals surface area contributed by atoms with Gasteiger partial charge in [0.15, 0.2) is 0 Å².